The van der Waals surface area contributed by atoms with E-state index in [1.807, 2.05) is 30.3 Å². The van der Waals surface area contributed by atoms with Gasteiger partial charge in [0.15, 0.2) is 17.8 Å². The topological polar surface area (TPSA) is 66.6 Å². The third-order valence-electron chi connectivity index (χ3n) is 4.12. The zero-order valence-electron chi connectivity index (χ0n) is 12.4. The van der Waals surface area contributed by atoms with Gasteiger partial charge >= 0.3 is 0 Å². The van der Waals surface area contributed by atoms with Crippen LogP contribution in [0.4, 0.5) is 0 Å². The molecule has 0 unspecified atom stereocenters. The number of aromatic nitrogens is 1. The van der Waals surface area contributed by atoms with Crippen molar-refractivity contribution in [3.05, 3.63) is 42.4 Å². The molecule has 0 saturated carbocycles. The zero-order valence-corrected chi connectivity index (χ0v) is 12.4. The smallest absolute Gasteiger partial charge is 0.276 e. The summed E-state index contributed by atoms with van der Waals surface area (Å²) >= 11 is 0. The highest BCUT2D eigenvalue weighted by molar-refractivity contribution is 5.97. The zero-order chi connectivity index (χ0) is 15.4. The minimum absolute atomic E-state index is 0.118. The van der Waals surface area contributed by atoms with Crippen molar-refractivity contribution in [3.8, 4) is 11.3 Å². The quantitative estimate of drug-likeness (QED) is 0.946. The van der Waals surface area contributed by atoms with Crippen LogP contribution >= 0.6 is 0 Å². The SMILES string of the molecule is O=C(c1ncoc1-c1ccccc1)N1CCCC[C@@H](CO)C1. The Labute approximate surface area is 129 Å². The van der Waals surface area contributed by atoms with E-state index < -0.39 is 0 Å². The molecule has 116 valence electrons. The van der Waals surface area contributed by atoms with Crippen molar-refractivity contribution in [2.24, 2.45) is 5.92 Å². The van der Waals surface area contributed by atoms with E-state index in [9.17, 15) is 9.90 Å². The van der Waals surface area contributed by atoms with Crippen molar-refractivity contribution < 1.29 is 14.3 Å². The lowest BCUT2D eigenvalue weighted by molar-refractivity contribution is 0.0715. The van der Waals surface area contributed by atoms with Crippen LogP contribution < -0.4 is 0 Å². The third-order valence-corrected chi connectivity index (χ3v) is 4.12. The number of hydrogen-bond donors (Lipinski definition) is 1. The number of rotatable bonds is 3. The molecule has 0 spiro atoms. The lowest BCUT2D eigenvalue weighted by atomic mass is 10.0. The van der Waals surface area contributed by atoms with Crippen LogP contribution in [-0.2, 0) is 0 Å². The van der Waals surface area contributed by atoms with Crippen LogP contribution in [0.2, 0.25) is 0 Å². The van der Waals surface area contributed by atoms with E-state index in [4.69, 9.17) is 4.42 Å². The van der Waals surface area contributed by atoms with Crippen molar-refractivity contribution in [2.75, 3.05) is 19.7 Å². The number of hydrogen-bond acceptors (Lipinski definition) is 4. The van der Waals surface area contributed by atoms with E-state index in [0.717, 1.165) is 24.8 Å². The normalized spacial score (nSPS) is 19.0. The Kier molecular flexibility index (Phi) is 4.53. The van der Waals surface area contributed by atoms with Crippen LogP contribution in [0.15, 0.2) is 41.1 Å². The van der Waals surface area contributed by atoms with Gasteiger partial charge < -0.3 is 14.4 Å². The Bertz CT molecular complexity index is 624. The Balaban J connectivity index is 1.85. The Hall–Kier alpha value is -2.14. The number of benzene rings is 1. The summed E-state index contributed by atoms with van der Waals surface area (Å²) in [6.07, 6.45) is 4.28. The molecule has 0 aliphatic carbocycles. The lowest BCUT2D eigenvalue weighted by Crippen LogP contribution is -2.36. The fraction of sp³-hybridized carbons (Fsp3) is 0.412. The Morgan fingerprint density at radius 1 is 1.32 bits per heavy atom. The number of carbonyl (C=O) groups is 1. The van der Waals surface area contributed by atoms with Crippen molar-refractivity contribution >= 4 is 5.91 Å². The highest BCUT2D eigenvalue weighted by atomic mass is 16.3. The number of amides is 1. The average Bonchev–Trinajstić information content (AvgIpc) is 2.93. The summed E-state index contributed by atoms with van der Waals surface area (Å²) in [7, 11) is 0. The third kappa shape index (κ3) is 3.04. The molecule has 5 heteroatoms. The predicted octanol–water partition coefficient (Wildman–Crippen LogP) is 2.58. The summed E-state index contributed by atoms with van der Waals surface area (Å²) in [4.78, 5) is 18.7. The Morgan fingerprint density at radius 2 is 2.14 bits per heavy atom. The van der Waals surface area contributed by atoms with E-state index in [0.29, 0.717) is 24.5 Å². The molecule has 22 heavy (non-hydrogen) atoms. The molecule has 1 fully saturated rings. The van der Waals surface area contributed by atoms with Gasteiger partial charge in [-0.1, -0.05) is 36.8 Å². The molecule has 1 atom stereocenters. The van der Waals surface area contributed by atoms with Crippen molar-refractivity contribution in [2.45, 2.75) is 19.3 Å². The first-order valence-electron chi connectivity index (χ1n) is 7.68. The van der Waals surface area contributed by atoms with Gasteiger partial charge in [-0.05, 0) is 18.8 Å². The fourth-order valence-electron chi connectivity index (χ4n) is 2.91. The first kappa shape index (κ1) is 14.8. The van der Waals surface area contributed by atoms with Crippen molar-refractivity contribution in [1.29, 1.82) is 0 Å². The number of aliphatic hydroxyl groups is 1. The maximum atomic E-state index is 12.8. The van der Waals surface area contributed by atoms with E-state index in [1.54, 1.807) is 4.90 Å². The average molecular weight is 300 g/mol. The second-order valence-corrected chi connectivity index (χ2v) is 5.69. The molecule has 1 amide bonds. The number of carbonyl (C=O) groups excluding carboxylic acids is 1. The van der Waals surface area contributed by atoms with Gasteiger partial charge in [-0.2, -0.15) is 0 Å². The van der Waals surface area contributed by atoms with Gasteiger partial charge in [0.25, 0.3) is 5.91 Å². The molecule has 2 aromatic rings. The highest BCUT2D eigenvalue weighted by Crippen LogP contribution is 2.25. The lowest BCUT2D eigenvalue weighted by Gasteiger charge is -2.23. The first-order chi connectivity index (χ1) is 10.8. The molecule has 1 aromatic carbocycles. The monoisotopic (exact) mass is 300 g/mol. The molecule has 5 nitrogen and oxygen atoms in total. The van der Waals surface area contributed by atoms with Gasteiger partial charge in [-0.3, -0.25) is 4.79 Å². The largest absolute Gasteiger partial charge is 0.443 e. The predicted molar refractivity (Wildman–Crippen MR) is 82.3 cm³/mol. The van der Waals surface area contributed by atoms with E-state index in [1.165, 1.54) is 6.39 Å². The van der Waals surface area contributed by atoms with Gasteiger partial charge in [0.1, 0.15) is 0 Å². The molecule has 3 rings (SSSR count). The van der Waals surface area contributed by atoms with Crippen LogP contribution in [0.5, 0.6) is 0 Å². The summed E-state index contributed by atoms with van der Waals surface area (Å²) in [6.45, 7) is 1.40. The van der Waals surface area contributed by atoms with Gasteiger partial charge in [-0.25, -0.2) is 4.98 Å². The fourth-order valence-corrected chi connectivity index (χ4v) is 2.91. The second-order valence-electron chi connectivity index (χ2n) is 5.69. The van der Waals surface area contributed by atoms with Crippen LogP contribution in [0.25, 0.3) is 11.3 Å². The molecular weight excluding hydrogens is 280 g/mol. The Morgan fingerprint density at radius 3 is 2.91 bits per heavy atom. The van der Waals surface area contributed by atoms with Gasteiger partial charge in [0, 0.05) is 25.3 Å². The molecule has 0 bridgehead atoms. The molecule has 1 aliphatic heterocycles. The van der Waals surface area contributed by atoms with Gasteiger partial charge in [-0.15, -0.1) is 0 Å². The minimum Gasteiger partial charge on any atom is -0.443 e. The van der Waals surface area contributed by atoms with Gasteiger partial charge in [0.2, 0.25) is 0 Å². The molecule has 1 aliphatic rings. The molecule has 2 heterocycles. The standard InChI is InChI=1S/C17H20N2O3/c20-11-13-6-4-5-9-19(10-13)17(21)15-16(22-12-18-15)14-7-2-1-3-8-14/h1-3,7-8,12-13,20H,4-6,9-11H2/t13-/m1/s1. The second kappa shape index (κ2) is 6.75. The molecular formula is C17H20N2O3. The summed E-state index contributed by atoms with van der Waals surface area (Å²) in [5.74, 6) is 0.543. The van der Waals surface area contributed by atoms with Crippen LogP contribution in [0.1, 0.15) is 29.8 Å². The molecule has 1 saturated heterocycles. The van der Waals surface area contributed by atoms with E-state index >= 15 is 0 Å². The number of aliphatic hydroxyl groups excluding tert-OH is 1. The number of nitrogens with zero attached hydrogens (tertiary/aromatic N) is 2. The van der Waals surface area contributed by atoms with Crippen LogP contribution in [0.3, 0.4) is 0 Å². The summed E-state index contributed by atoms with van der Waals surface area (Å²) in [5.41, 5.74) is 1.20. The highest BCUT2D eigenvalue weighted by Gasteiger charge is 2.27. The number of oxazole rings is 1. The first-order valence-corrected chi connectivity index (χ1v) is 7.68. The van der Waals surface area contributed by atoms with Crippen molar-refractivity contribution in [3.63, 3.8) is 0 Å². The minimum atomic E-state index is -0.118. The molecule has 1 aromatic heterocycles. The van der Waals surface area contributed by atoms with Crippen LogP contribution in [-0.4, -0.2) is 40.6 Å². The van der Waals surface area contributed by atoms with Crippen molar-refractivity contribution in [1.82, 2.24) is 9.88 Å². The van der Waals surface area contributed by atoms with E-state index in [-0.39, 0.29) is 18.4 Å². The van der Waals surface area contributed by atoms with E-state index in [2.05, 4.69) is 4.98 Å². The maximum Gasteiger partial charge on any atom is 0.276 e. The summed E-state index contributed by atoms with van der Waals surface area (Å²) < 4.78 is 5.44. The molecule has 1 N–H and O–H groups in total. The molecule has 0 radical (unpaired) electrons. The number of likely N-dealkylation sites (tertiary alicyclic amines) is 1. The van der Waals surface area contributed by atoms with Gasteiger partial charge in [0.05, 0.1) is 0 Å². The van der Waals surface area contributed by atoms with Crippen LogP contribution in [0, 0.1) is 5.92 Å². The maximum absolute atomic E-state index is 12.8. The summed E-state index contributed by atoms with van der Waals surface area (Å²) in [5, 5.41) is 9.41. The summed E-state index contributed by atoms with van der Waals surface area (Å²) in [6, 6.07) is 9.52.